The number of rotatable bonds is 3. The van der Waals surface area contributed by atoms with Crippen molar-refractivity contribution in [1.29, 1.82) is 0 Å². The average molecular weight is 310 g/mol. The number of benzene rings is 1. The molecule has 2 nitrogen and oxygen atoms in total. The van der Waals surface area contributed by atoms with Gasteiger partial charge in [-0.2, -0.15) is 0 Å². The van der Waals surface area contributed by atoms with Crippen molar-refractivity contribution in [3.8, 4) is 0 Å². The molecule has 1 fully saturated rings. The number of halogens is 1. The highest BCUT2D eigenvalue weighted by Crippen LogP contribution is 2.53. The van der Waals surface area contributed by atoms with Gasteiger partial charge in [-0.3, -0.25) is 4.79 Å². The van der Waals surface area contributed by atoms with Crippen molar-refractivity contribution in [2.45, 2.75) is 44.7 Å². The summed E-state index contributed by atoms with van der Waals surface area (Å²) < 4.78 is 0. The largest absolute Gasteiger partial charge is 0.327 e. The summed E-state index contributed by atoms with van der Waals surface area (Å²) in [4.78, 5) is 14.4. The van der Waals surface area contributed by atoms with E-state index in [0.29, 0.717) is 5.33 Å². The van der Waals surface area contributed by atoms with Gasteiger partial charge in [0.15, 0.2) is 0 Å². The Balaban J connectivity index is 2.41. The van der Waals surface area contributed by atoms with Crippen molar-refractivity contribution in [2.24, 2.45) is 0 Å². The fourth-order valence-electron chi connectivity index (χ4n) is 2.82. The van der Waals surface area contributed by atoms with Gasteiger partial charge in [-0.1, -0.05) is 46.3 Å². The average Bonchev–Trinajstić information content (AvgIpc) is 3.10. The fourth-order valence-corrected chi connectivity index (χ4v) is 3.07. The van der Waals surface area contributed by atoms with Crippen LogP contribution in [-0.2, 0) is 10.3 Å². The number of alkyl halides is 1. The highest BCUT2D eigenvalue weighted by atomic mass is 79.9. The van der Waals surface area contributed by atoms with Crippen molar-refractivity contribution in [3.63, 3.8) is 0 Å². The van der Waals surface area contributed by atoms with Crippen LogP contribution in [0.25, 0.3) is 0 Å². The van der Waals surface area contributed by atoms with Crippen LogP contribution in [0, 0.1) is 0 Å². The van der Waals surface area contributed by atoms with Crippen molar-refractivity contribution in [3.05, 3.63) is 35.9 Å². The standard InChI is InChI=1S/C15H20BrNO/c1-14(2,3)17(13(18)11-16)15(9-10-15)12-7-5-4-6-8-12/h4-8H,9-11H2,1-3H3. The van der Waals surface area contributed by atoms with E-state index in [4.69, 9.17) is 0 Å². The topological polar surface area (TPSA) is 20.3 Å². The Morgan fingerprint density at radius 2 is 1.83 bits per heavy atom. The molecule has 98 valence electrons. The molecule has 1 amide bonds. The number of hydrogen-bond donors (Lipinski definition) is 0. The Labute approximate surface area is 117 Å². The molecule has 3 heteroatoms. The molecule has 0 N–H and O–H groups in total. The zero-order valence-corrected chi connectivity index (χ0v) is 12.8. The fraction of sp³-hybridized carbons (Fsp3) is 0.533. The quantitative estimate of drug-likeness (QED) is 0.780. The van der Waals surface area contributed by atoms with Crippen molar-refractivity contribution in [2.75, 3.05) is 5.33 Å². The second-order valence-electron chi connectivity index (χ2n) is 5.93. The van der Waals surface area contributed by atoms with E-state index in [9.17, 15) is 4.79 Å². The van der Waals surface area contributed by atoms with Gasteiger partial charge in [0.25, 0.3) is 0 Å². The maximum atomic E-state index is 12.3. The molecular formula is C15H20BrNO. The van der Waals surface area contributed by atoms with E-state index in [2.05, 4.69) is 65.9 Å². The summed E-state index contributed by atoms with van der Waals surface area (Å²) in [6.45, 7) is 6.32. The maximum Gasteiger partial charge on any atom is 0.234 e. The Hall–Kier alpha value is -0.830. The van der Waals surface area contributed by atoms with E-state index >= 15 is 0 Å². The highest BCUT2D eigenvalue weighted by Gasteiger charge is 2.54. The molecule has 1 aromatic carbocycles. The number of nitrogens with zero attached hydrogens (tertiary/aromatic N) is 1. The van der Waals surface area contributed by atoms with E-state index in [0.717, 1.165) is 12.8 Å². The predicted octanol–water partition coefficient (Wildman–Crippen LogP) is 3.70. The smallest absolute Gasteiger partial charge is 0.234 e. The molecule has 1 aliphatic carbocycles. The zero-order chi connectivity index (χ0) is 13.4. The lowest BCUT2D eigenvalue weighted by Gasteiger charge is -2.42. The zero-order valence-electron chi connectivity index (χ0n) is 11.2. The molecule has 0 radical (unpaired) electrons. The number of amides is 1. The van der Waals surface area contributed by atoms with Gasteiger partial charge in [0, 0.05) is 5.54 Å². The van der Waals surface area contributed by atoms with Gasteiger partial charge in [-0.15, -0.1) is 0 Å². The molecule has 2 rings (SSSR count). The van der Waals surface area contributed by atoms with Crippen LogP contribution in [0.4, 0.5) is 0 Å². The Kier molecular flexibility index (Phi) is 3.54. The second-order valence-corrected chi connectivity index (χ2v) is 6.49. The summed E-state index contributed by atoms with van der Waals surface area (Å²) >= 11 is 3.31. The van der Waals surface area contributed by atoms with Crippen molar-refractivity contribution >= 4 is 21.8 Å². The third-order valence-corrected chi connectivity index (χ3v) is 3.98. The van der Waals surface area contributed by atoms with Crippen LogP contribution in [-0.4, -0.2) is 21.7 Å². The second kappa shape index (κ2) is 4.69. The van der Waals surface area contributed by atoms with Gasteiger partial charge in [-0.25, -0.2) is 0 Å². The van der Waals surface area contributed by atoms with E-state index in [1.807, 2.05) is 6.07 Å². The maximum absolute atomic E-state index is 12.3. The van der Waals surface area contributed by atoms with E-state index in [1.165, 1.54) is 5.56 Å². The molecule has 0 unspecified atom stereocenters. The molecule has 1 saturated carbocycles. The molecule has 0 atom stereocenters. The highest BCUT2D eigenvalue weighted by molar-refractivity contribution is 9.09. The summed E-state index contributed by atoms with van der Waals surface area (Å²) in [6.07, 6.45) is 2.13. The Morgan fingerprint density at radius 1 is 1.28 bits per heavy atom. The Bertz CT molecular complexity index is 432. The summed E-state index contributed by atoms with van der Waals surface area (Å²) in [5.41, 5.74) is 1.02. The SMILES string of the molecule is CC(C)(C)N(C(=O)CBr)C1(c2ccccc2)CC1. The molecule has 0 spiro atoms. The van der Waals surface area contributed by atoms with Crippen LogP contribution in [0.2, 0.25) is 0 Å². The lowest BCUT2D eigenvalue weighted by Crippen LogP contribution is -2.52. The minimum absolute atomic E-state index is 0.0790. The summed E-state index contributed by atoms with van der Waals surface area (Å²) in [5.74, 6) is 0.170. The van der Waals surface area contributed by atoms with Gasteiger partial charge in [0.05, 0.1) is 10.9 Å². The number of hydrogen-bond acceptors (Lipinski definition) is 1. The van der Waals surface area contributed by atoms with Gasteiger partial charge in [0.1, 0.15) is 0 Å². The number of carbonyl (C=O) groups excluding carboxylic acids is 1. The molecule has 1 aromatic rings. The molecular weight excluding hydrogens is 290 g/mol. The monoisotopic (exact) mass is 309 g/mol. The van der Waals surface area contributed by atoms with Crippen LogP contribution in [0.1, 0.15) is 39.2 Å². The van der Waals surface area contributed by atoms with Gasteiger partial charge in [0.2, 0.25) is 5.91 Å². The molecule has 1 aliphatic rings. The first kappa shape index (κ1) is 13.6. The molecule has 0 heterocycles. The Morgan fingerprint density at radius 3 is 2.22 bits per heavy atom. The van der Waals surface area contributed by atoms with Crippen LogP contribution in [0.15, 0.2) is 30.3 Å². The van der Waals surface area contributed by atoms with Crippen LogP contribution in [0.5, 0.6) is 0 Å². The molecule has 0 aliphatic heterocycles. The first-order valence-electron chi connectivity index (χ1n) is 6.36. The molecule has 18 heavy (non-hydrogen) atoms. The molecule has 0 bridgehead atoms. The predicted molar refractivity (Wildman–Crippen MR) is 77.7 cm³/mol. The minimum Gasteiger partial charge on any atom is -0.327 e. The third kappa shape index (κ3) is 2.33. The summed E-state index contributed by atoms with van der Waals surface area (Å²) in [6, 6.07) is 10.4. The molecule has 0 saturated heterocycles. The first-order chi connectivity index (χ1) is 8.42. The van der Waals surface area contributed by atoms with Gasteiger partial charge >= 0.3 is 0 Å². The lowest BCUT2D eigenvalue weighted by molar-refractivity contribution is -0.137. The lowest BCUT2D eigenvalue weighted by atomic mass is 9.95. The number of carbonyl (C=O) groups is 1. The van der Waals surface area contributed by atoms with E-state index in [-0.39, 0.29) is 17.0 Å². The van der Waals surface area contributed by atoms with Crippen molar-refractivity contribution < 1.29 is 4.79 Å². The van der Waals surface area contributed by atoms with Gasteiger partial charge < -0.3 is 4.90 Å². The normalized spacial score (nSPS) is 17.3. The van der Waals surface area contributed by atoms with Crippen LogP contribution in [0.3, 0.4) is 0 Å². The first-order valence-corrected chi connectivity index (χ1v) is 7.49. The van der Waals surface area contributed by atoms with Crippen LogP contribution < -0.4 is 0 Å². The van der Waals surface area contributed by atoms with Crippen molar-refractivity contribution in [1.82, 2.24) is 4.90 Å². The summed E-state index contributed by atoms with van der Waals surface area (Å²) in [7, 11) is 0. The molecule has 0 aromatic heterocycles. The summed E-state index contributed by atoms with van der Waals surface area (Å²) in [5, 5.41) is 0.388. The van der Waals surface area contributed by atoms with E-state index < -0.39 is 0 Å². The van der Waals surface area contributed by atoms with E-state index in [1.54, 1.807) is 0 Å². The third-order valence-electron chi connectivity index (χ3n) is 3.50. The van der Waals surface area contributed by atoms with Crippen LogP contribution >= 0.6 is 15.9 Å². The minimum atomic E-state index is -0.156. The van der Waals surface area contributed by atoms with Gasteiger partial charge in [-0.05, 0) is 39.2 Å².